The summed E-state index contributed by atoms with van der Waals surface area (Å²) in [7, 11) is 2.08. The van der Waals surface area contributed by atoms with E-state index in [0.717, 1.165) is 31.9 Å². The zero-order valence-electron chi connectivity index (χ0n) is 8.94. The molecule has 1 aromatic heterocycles. The summed E-state index contributed by atoms with van der Waals surface area (Å²) in [5.41, 5.74) is 0.888. The highest BCUT2D eigenvalue weighted by Gasteiger charge is 2.19. The van der Waals surface area contributed by atoms with E-state index in [-0.39, 0.29) is 5.91 Å². The van der Waals surface area contributed by atoms with Crippen LogP contribution < -0.4 is 0 Å². The molecule has 0 radical (unpaired) electrons. The van der Waals surface area contributed by atoms with Crippen LogP contribution in [-0.2, 0) is 11.2 Å². The van der Waals surface area contributed by atoms with Crippen molar-refractivity contribution in [1.29, 1.82) is 0 Å². The number of carbonyl (C=O) groups is 1. The van der Waals surface area contributed by atoms with Crippen molar-refractivity contribution in [3.63, 3.8) is 0 Å². The highest BCUT2D eigenvalue weighted by Crippen LogP contribution is 2.03. The predicted molar refractivity (Wildman–Crippen MR) is 56.4 cm³/mol. The van der Waals surface area contributed by atoms with E-state index >= 15 is 0 Å². The quantitative estimate of drug-likeness (QED) is 0.727. The Morgan fingerprint density at radius 3 is 2.80 bits per heavy atom. The minimum absolute atomic E-state index is 0.187. The van der Waals surface area contributed by atoms with E-state index in [1.165, 1.54) is 0 Å². The minimum Gasteiger partial charge on any atom is -0.348 e. The molecular formula is C10H16N4O. The summed E-state index contributed by atoms with van der Waals surface area (Å²) in [6, 6.07) is 0. The van der Waals surface area contributed by atoms with Crippen LogP contribution in [0.3, 0.4) is 0 Å². The average molecular weight is 208 g/mol. The third-order valence-electron chi connectivity index (χ3n) is 2.75. The Labute approximate surface area is 89.1 Å². The van der Waals surface area contributed by atoms with Crippen LogP contribution in [0.1, 0.15) is 5.69 Å². The van der Waals surface area contributed by atoms with Crippen LogP contribution in [0.15, 0.2) is 12.5 Å². The Kier molecular flexibility index (Phi) is 3.01. The first-order valence-electron chi connectivity index (χ1n) is 5.19. The van der Waals surface area contributed by atoms with Gasteiger partial charge in [-0.05, 0) is 7.05 Å². The van der Waals surface area contributed by atoms with Gasteiger partial charge in [0.15, 0.2) is 0 Å². The largest absolute Gasteiger partial charge is 0.348 e. The fraction of sp³-hybridized carbons (Fsp3) is 0.600. The number of imidazole rings is 1. The molecular weight excluding hydrogens is 192 g/mol. The predicted octanol–water partition coefficient (Wildman–Crippen LogP) is -0.274. The topological polar surface area (TPSA) is 52.2 Å². The highest BCUT2D eigenvalue weighted by atomic mass is 16.2. The molecule has 0 unspecified atom stereocenters. The lowest BCUT2D eigenvalue weighted by Crippen LogP contribution is -2.47. The van der Waals surface area contributed by atoms with E-state index in [4.69, 9.17) is 0 Å². The smallest absolute Gasteiger partial charge is 0.228 e. The number of nitrogens with one attached hydrogen (secondary N) is 1. The molecule has 0 saturated carbocycles. The molecule has 0 spiro atoms. The maximum atomic E-state index is 11.8. The Hall–Kier alpha value is -1.36. The number of rotatable bonds is 2. The Bertz CT molecular complexity index is 314. The van der Waals surface area contributed by atoms with E-state index in [1.54, 1.807) is 12.5 Å². The van der Waals surface area contributed by atoms with Gasteiger partial charge in [0, 0.05) is 38.1 Å². The number of aromatic nitrogens is 2. The van der Waals surface area contributed by atoms with Crippen molar-refractivity contribution < 1.29 is 4.79 Å². The highest BCUT2D eigenvalue weighted by molar-refractivity contribution is 5.78. The molecule has 1 saturated heterocycles. The lowest BCUT2D eigenvalue weighted by atomic mass is 10.2. The molecule has 1 aliphatic heterocycles. The molecule has 1 amide bonds. The first kappa shape index (κ1) is 10.2. The second kappa shape index (κ2) is 4.44. The normalized spacial score (nSPS) is 18.1. The van der Waals surface area contributed by atoms with Crippen LogP contribution in [0.2, 0.25) is 0 Å². The van der Waals surface area contributed by atoms with Gasteiger partial charge in [-0.25, -0.2) is 4.98 Å². The van der Waals surface area contributed by atoms with Gasteiger partial charge in [0.25, 0.3) is 0 Å². The Morgan fingerprint density at radius 2 is 2.20 bits per heavy atom. The van der Waals surface area contributed by atoms with Gasteiger partial charge in [-0.1, -0.05) is 0 Å². The first-order valence-corrected chi connectivity index (χ1v) is 5.19. The van der Waals surface area contributed by atoms with Crippen molar-refractivity contribution in [2.24, 2.45) is 0 Å². The molecule has 15 heavy (non-hydrogen) atoms. The number of hydrogen-bond acceptors (Lipinski definition) is 3. The van der Waals surface area contributed by atoms with E-state index < -0.39 is 0 Å². The number of amides is 1. The molecule has 1 aromatic rings. The van der Waals surface area contributed by atoms with Crippen LogP contribution in [0.25, 0.3) is 0 Å². The van der Waals surface area contributed by atoms with Gasteiger partial charge in [0.2, 0.25) is 5.91 Å². The maximum absolute atomic E-state index is 11.8. The zero-order chi connectivity index (χ0) is 10.7. The van der Waals surface area contributed by atoms with E-state index in [2.05, 4.69) is 21.9 Å². The Balaban J connectivity index is 1.86. The third-order valence-corrected chi connectivity index (χ3v) is 2.75. The van der Waals surface area contributed by atoms with Crippen molar-refractivity contribution in [3.8, 4) is 0 Å². The summed E-state index contributed by atoms with van der Waals surface area (Å²) in [6.07, 6.45) is 3.74. The number of piperazine rings is 1. The van der Waals surface area contributed by atoms with Gasteiger partial charge in [0.1, 0.15) is 0 Å². The summed E-state index contributed by atoms with van der Waals surface area (Å²) in [4.78, 5) is 22.8. The van der Waals surface area contributed by atoms with Gasteiger partial charge < -0.3 is 14.8 Å². The van der Waals surface area contributed by atoms with Gasteiger partial charge >= 0.3 is 0 Å². The van der Waals surface area contributed by atoms with E-state index in [1.807, 2.05) is 4.90 Å². The number of likely N-dealkylation sites (N-methyl/N-ethyl adjacent to an activating group) is 1. The number of aromatic amines is 1. The fourth-order valence-corrected chi connectivity index (χ4v) is 1.71. The molecule has 0 atom stereocenters. The second-order valence-electron chi connectivity index (χ2n) is 3.94. The molecule has 0 aliphatic carbocycles. The molecule has 82 valence electrons. The van der Waals surface area contributed by atoms with Crippen LogP contribution in [0.4, 0.5) is 0 Å². The van der Waals surface area contributed by atoms with Gasteiger partial charge in [-0.15, -0.1) is 0 Å². The molecule has 1 N–H and O–H groups in total. The minimum atomic E-state index is 0.187. The lowest BCUT2D eigenvalue weighted by Gasteiger charge is -2.32. The van der Waals surface area contributed by atoms with Crippen molar-refractivity contribution in [1.82, 2.24) is 19.8 Å². The summed E-state index contributed by atoms with van der Waals surface area (Å²) in [5.74, 6) is 0.187. The van der Waals surface area contributed by atoms with E-state index in [0.29, 0.717) is 6.42 Å². The number of nitrogens with zero attached hydrogens (tertiary/aromatic N) is 3. The molecule has 1 aliphatic rings. The molecule has 0 aromatic carbocycles. The van der Waals surface area contributed by atoms with Crippen molar-refractivity contribution in [3.05, 3.63) is 18.2 Å². The van der Waals surface area contributed by atoms with E-state index in [9.17, 15) is 4.79 Å². The van der Waals surface area contributed by atoms with Crippen molar-refractivity contribution in [2.45, 2.75) is 6.42 Å². The van der Waals surface area contributed by atoms with Gasteiger partial charge in [-0.2, -0.15) is 0 Å². The SMILES string of the molecule is CN1CCN(C(=O)Cc2cnc[nH]2)CC1. The molecule has 2 heterocycles. The standard InChI is InChI=1S/C10H16N4O/c1-13-2-4-14(5-3-13)10(15)6-9-7-11-8-12-9/h7-8H,2-6H2,1H3,(H,11,12). The van der Waals surface area contributed by atoms with Crippen molar-refractivity contribution >= 4 is 5.91 Å². The second-order valence-corrected chi connectivity index (χ2v) is 3.94. The number of hydrogen-bond donors (Lipinski definition) is 1. The summed E-state index contributed by atoms with van der Waals surface area (Å²) >= 11 is 0. The Morgan fingerprint density at radius 1 is 1.47 bits per heavy atom. The fourth-order valence-electron chi connectivity index (χ4n) is 1.71. The molecule has 1 fully saturated rings. The zero-order valence-corrected chi connectivity index (χ0v) is 8.94. The average Bonchev–Trinajstić information content (AvgIpc) is 2.71. The number of H-pyrrole nitrogens is 1. The first-order chi connectivity index (χ1) is 7.25. The van der Waals surface area contributed by atoms with Crippen LogP contribution in [0, 0.1) is 0 Å². The monoisotopic (exact) mass is 208 g/mol. The van der Waals surface area contributed by atoms with Crippen LogP contribution in [-0.4, -0.2) is 58.9 Å². The summed E-state index contributed by atoms with van der Waals surface area (Å²) in [6.45, 7) is 3.61. The van der Waals surface area contributed by atoms with Gasteiger partial charge in [-0.3, -0.25) is 4.79 Å². The molecule has 5 nitrogen and oxygen atoms in total. The van der Waals surface area contributed by atoms with Crippen LogP contribution >= 0.6 is 0 Å². The van der Waals surface area contributed by atoms with Crippen molar-refractivity contribution in [2.75, 3.05) is 33.2 Å². The van der Waals surface area contributed by atoms with Crippen LogP contribution in [0.5, 0.6) is 0 Å². The molecule has 5 heteroatoms. The molecule has 2 rings (SSSR count). The number of carbonyl (C=O) groups excluding carboxylic acids is 1. The maximum Gasteiger partial charge on any atom is 0.228 e. The molecule has 0 bridgehead atoms. The van der Waals surface area contributed by atoms with Gasteiger partial charge in [0.05, 0.1) is 12.7 Å². The third kappa shape index (κ3) is 2.56. The lowest BCUT2D eigenvalue weighted by molar-refractivity contribution is -0.132. The summed E-state index contributed by atoms with van der Waals surface area (Å²) in [5, 5.41) is 0. The summed E-state index contributed by atoms with van der Waals surface area (Å²) < 4.78 is 0.